The molecule has 1 heterocycles. The van der Waals surface area contributed by atoms with Crippen LogP contribution in [-0.4, -0.2) is 32.7 Å². The minimum Gasteiger partial charge on any atom is -0.360 e. The van der Waals surface area contributed by atoms with Gasteiger partial charge in [0, 0.05) is 12.1 Å². The van der Waals surface area contributed by atoms with Gasteiger partial charge < -0.3 is 9.84 Å². The molecule has 1 fully saturated rings. The Bertz CT molecular complexity index is 511. The van der Waals surface area contributed by atoms with Crippen LogP contribution < -0.4 is 10.0 Å². The minimum absolute atomic E-state index is 0.00306. The van der Waals surface area contributed by atoms with Gasteiger partial charge in [-0.2, -0.15) is 0 Å². The summed E-state index contributed by atoms with van der Waals surface area (Å²) in [6.45, 7) is 3.26. The Hall–Kier alpha value is -0.920. The molecule has 2 rings (SSSR count). The van der Waals surface area contributed by atoms with Crippen LogP contribution in [0.15, 0.2) is 9.42 Å². The summed E-state index contributed by atoms with van der Waals surface area (Å²) in [5.41, 5.74) is 0.411. The fourth-order valence-corrected chi connectivity index (χ4v) is 4.27. The SMILES string of the molecule is CNC1CCC(NS(=O)(=O)c2c(C)noc2C)CC1. The van der Waals surface area contributed by atoms with Crippen LogP contribution in [0, 0.1) is 13.8 Å². The van der Waals surface area contributed by atoms with Gasteiger partial charge in [0.05, 0.1) is 0 Å². The third kappa shape index (κ3) is 3.16. The highest BCUT2D eigenvalue weighted by Gasteiger charge is 2.29. The first kappa shape index (κ1) is 14.5. The highest BCUT2D eigenvalue weighted by molar-refractivity contribution is 7.89. The third-order valence-electron chi connectivity index (χ3n) is 3.69. The van der Waals surface area contributed by atoms with Crippen LogP contribution in [0.2, 0.25) is 0 Å². The zero-order valence-corrected chi connectivity index (χ0v) is 12.4. The van der Waals surface area contributed by atoms with Gasteiger partial charge in [0.15, 0.2) is 5.76 Å². The van der Waals surface area contributed by atoms with Gasteiger partial charge in [0.1, 0.15) is 10.6 Å². The molecule has 0 radical (unpaired) electrons. The van der Waals surface area contributed by atoms with Crippen LogP contribution in [-0.2, 0) is 10.0 Å². The normalized spacial score (nSPS) is 24.6. The summed E-state index contributed by atoms with van der Waals surface area (Å²) in [5, 5.41) is 6.93. The highest BCUT2D eigenvalue weighted by Crippen LogP contribution is 2.23. The summed E-state index contributed by atoms with van der Waals surface area (Å²) < 4.78 is 32.3. The molecule has 108 valence electrons. The lowest BCUT2D eigenvalue weighted by atomic mass is 9.92. The van der Waals surface area contributed by atoms with E-state index in [1.54, 1.807) is 13.8 Å². The van der Waals surface area contributed by atoms with E-state index in [0.29, 0.717) is 17.5 Å². The first-order valence-corrected chi connectivity index (χ1v) is 8.05. The average molecular weight is 287 g/mol. The maximum absolute atomic E-state index is 12.3. The first-order valence-electron chi connectivity index (χ1n) is 6.56. The van der Waals surface area contributed by atoms with Crippen molar-refractivity contribution in [3.8, 4) is 0 Å². The molecule has 0 aliphatic heterocycles. The first-order chi connectivity index (χ1) is 8.94. The van der Waals surface area contributed by atoms with Crippen molar-refractivity contribution in [2.45, 2.75) is 56.5 Å². The minimum atomic E-state index is -3.53. The Kier molecular flexibility index (Phi) is 4.27. The van der Waals surface area contributed by atoms with Crippen LogP contribution in [0.25, 0.3) is 0 Å². The van der Waals surface area contributed by atoms with Crippen molar-refractivity contribution < 1.29 is 12.9 Å². The second-order valence-electron chi connectivity index (χ2n) is 5.11. The summed E-state index contributed by atoms with van der Waals surface area (Å²) in [6.07, 6.45) is 3.69. The number of aryl methyl sites for hydroxylation is 2. The summed E-state index contributed by atoms with van der Waals surface area (Å²) in [4.78, 5) is 0.184. The molecule has 6 nitrogen and oxygen atoms in total. The molecule has 19 heavy (non-hydrogen) atoms. The number of nitrogens with zero attached hydrogens (tertiary/aromatic N) is 1. The Labute approximate surface area is 114 Å². The van der Waals surface area contributed by atoms with E-state index >= 15 is 0 Å². The fraction of sp³-hybridized carbons (Fsp3) is 0.750. The van der Waals surface area contributed by atoms with E-state index in [1.807, 2.05) is 7.05 Å². The van der Waals surface area contributed by atoms with Gasteiger partial charge in [-0.1, -0.05) is 5.16 Å². The third-order valence-corrected chi connectivity index (χ3v) is 5.46. The van der Waals surface area contributed by atoms with Crippen molar-refractivity contribution in [3.05, 3.63) is 11.5 Å². The number of nitrogens with one attached hydrogen (secondary N) is 2. The smallest absolute Gasteiger partial charge is 0.246 e. The molecule has 2 N–H and O–H groups in total. The molecule has 0 saturated heterocycles. The van der Waals surface area contributed by atoms with E-state index < -0.39 is 10.0 Å². The zero-order valence-electron chi connectivity index (χ0n) is 11.6. The molecule has 1 aromatic heterocycles. The monoisotopic (exact) mass is 287 g/mol. The van der Waals surface area contributed by atoms with Crippen LogP contribution >= 0.6 is 0 Å². The number of sulfonamides is 1. The average Bonchev–Trinajstić information content (AvgIpc) is 2.70. The highest BCUT2D eigenvalue weighted by atomic mass is 32.2. The molecule has 7 heteroatoms. The Morgan fingerprint density at radius 2 is 1.74 bits per heavy atom. The van der Waals surface area contributed by atoms with Crippen LogP contribution in [0.3, 0.4) is 0 Å². The van der Waals surface area contributed by atoms with Gasteiger partial charge >= 0.3 is 0 Å². The Morgan fingerprint density at radius 1 is 1.16 bits per heavy atom. The molecule has 1 aliphatic carbocycles. The zero-order chi connectivity index (χ0) is 14.0. The van der Waals surface area contributed by atoms with Gasteiger partial charge in [-0.3, -0.25) is 0 Å². The van der Waals surface area contributed by atoms with Crippen molar-refractivity contribution in [1.82, 2.24) is 15.2 Å². The summed E-state index contributed by atoms with van der Waals surface area (Å²) in [6, 6.07) is 0.503. The van der Waals surface area contributed by atoms with E-state index in [4.69, 9.17) is 4.52 Å². The van der Waals surface area contributed by atoms with Crippen molar-refractivity contribution >= 4 is 10.0 Å². The molecule has 1 aliphatic rings. The molecule has 1 aromatic rings. The van der Waals surface area contributed by atoms with Gasteiger partial charge in [-0.15, -0.1) is 0 Å². The summed E-state index contributed by atoms with van der Waals surface area (Å²) >= 11 is 0. The molecule has 1 saturated carbocycles. The van der Waals surface area contributed by atoms with E-state index in [2.05, 4.69) is 15.2 Å². The number of aromatic nitrogens is 1. The van der Waals surface area contributed by atoms with Crippen molar-refractivity contribution in [3.63, 3.8) is 0 Å². The van der Waals surface area contributed by atoms with Gasteiger partial charge in [-0.05, 0) is 46.6 Å². The molecular weight excluding hydrogens is 266 g/mol. The van der Waals surface area contributed by atoms with E-state index in [-0.39, 0.29) is 10.9 Å². The molecule has 0 amide bonds. The van der Waals surface area contributed by atoms with Crippen LogP contribution in [0.4, 0.5) is 0 Å². The molecular formula is C12H21N3O3S. The predicted octanol–water partition coefficient (Wildman–Crippen LogP) is 1.10. The standard InChI is InChI=1S/C12H21N3O3S/c1-8-12(9(2)18-14-8)19(16,17)15-11-6-4-10(13-3)5-7-11/h10-11,13,15H,4-7H2,1-3H3. The summed E-state index contributed by atoms with van der Waals surface area (Å²) in [5.74, 6) is 0.342. The quantitative estimate of drug-likeness (QED) is 0.866. The van der Waals surface area contributed by atoms with Crippen molar-refractivity contribution in [2.75, 3.05) is 7.05 Å². The van der Waals surface area contributed by atoms with Crippen LogP contribution in [0.1, 0.15) is 37.1 Å². The maximum atomic E-state index is 12.3. The summed E-state index contributed by atoms with van der Waals surface area (Å²) in [7, 11) is -1.59. The Balaban J connectivity index is 2.07. The number of hydrogen-bond acceptors (Lipinski definition) is 5. The molecule has 0 atom stereocenters. The molecule has 0 aromatic carbocycles. The lowest BCUT2D eigenvalue weighted by Crippen LogP contribution is -2.41. The van der Waals surface area contributed by atoms with Crippen molar-refractivity contribution in [2.24, 2.45) is 0 Å². The van der Waals surface area contributed by atoms with E-state index in [1.165, 1.54) is 0 Å². The van der Waals surface area contributed by atoms with Gasteiger partial charge in [0.25, 0.3) is 0 Å². The lowest BCUT2D eigenvalue weighted by molar-refractivity contribution is 0.342. The number of hydrogen-bond donors (Lipinski definition) is 2. The van der Waals surface area contributed by atoms with E-state index in [9.17, 15) is 8.42 Å². The second kappa shape index (κ2) is 5.60. The molecule has 0 spiro atoms. The maximum Gasteiger partial charge on any atom is 0.246 e. The topological polar surface area (TPSA) is 84.2 Å². The molecule has 0 bridgehead atoms. The van der Waals surface area contributed by atoms with Gasteiger partial charge in [-0.25, -0.2) is 13.1 Å². The fourth-order valence-electron chi connectivity index (χ4n) is 2.64. The van der Waals surface area contributed by atoms with E-state index in [0.717, 1.165) is 25.7 Å². The lowest BCUT2D eigenvalue weighted by Gasteiger charge is -2.28. The number of rotatable bonds is 4. The van der Waals surface area contributed by atoms with Crippen molar-refractivity contribution in [1.29, 1.82) is 0 Å². The molecule has 0 unspecified atom stereocenters. The second-order valence-corrected chi connectivity index (χ2v) is 6.76. The largest absolute Gasteiger partial charge is 0.360 e. The van der Waals surface area contributed by atoms with Crippen LogP contribution in [0.5, 0.6) is 0 Å². The van der Waals surface area contributed by atoms with Gasteiger partial charge in [0.2, 0.25) is 10.0 Å². The Morgan fingerprint density at radius 3 is 2.21 bits per heavy atom. The predicted molar refractivity (Wildman–Crippen MR) is 71.4 cm³/mol.